The van der Waals surface area contributed by atoms with Gasteiger partial charge in [-0.2, -0.15) is 0 Å². The fourth-order valence-corrected chi connectivity index (χ4v) is 5.52. The molecule has 1 aromatic carbocycles. The Balaban J connectivity index is 1.17. The highest BCUT2D eigenvalue weighted by molar-refractivity contribution is 7.84. The van der Waals surface area contributed by atoms with Crippen LogP contribution >= 0.6 is 11.6 Å². The number of hydrogen-bond donors (Lipinski definition) is 0. The summed E-state index contributed by atoms with van der Waals surface area (Å²) >= 11 is 4.45. The smallest absolute Gasteiger partial charge is 0.199 e. The molecule has 0 N–H and O–H groups in total. The van der Waals surface area contributed by atoms with Crippen LogP contribution in [-0.4, -0.2) is 52.1 Å². The maximum Gasteiger partial charge on any atom is 0.199 e. The Labute approximate surface area is 201 Å². The Bertz CT molecular complexity index is 1040. The van der Waals surface area contributed by atoms with E-state index in [4.69, 9.17) is 21.2 Å². The summed E-state index contributed by atoms with van der Waals surface area (Å²) in [4.78, 5) is 8.91. The Morgan fingerprint density at radius 1 is 1.21 bits per heavy atom. The van der Waals surface area contributed by atoms with Crippen molar-refractivity contribution in [1.29, 1.82) is 0 Å². The zero-order valence-corrected chi connectivity index (χ0v) is 20.2. The standard InChI is InChI=1S/C23H28ClFN4O3S/c1-2-32-27-21-9-6-17-14-18(7-8-19(17)21)31-13-5-3-4-10-28-11-12-29(33(28)30)22-15-23(24)26-16-20(22)25/h7-8,14-16H,2-6,9-13H2,1H3/b27-21+. The van der Waals surface area contributed by atoms with Crippen LogP contribution in [0.2, 0.25) is 5.15 Å². The summed E-state index contributed by atoms with van der Waals surface area (Å²) < 4.78 is 36.1. The summed E-state index contributed by atoms with van der Waals surface area (Å²) in [6.07, 6.45) is 5.68. The van der Waals surface area contributed by atoms with Crippen LogP contribution in [0.25, 0.3) is 0 Å². The van der Waals surface area contributed by atoms with Gasteiger partial charge in [-0.05, 0) is 62.8 Å². The molecule has 1 atom stereocenters. The van der Waals surface area contributed by atoms with E-state index in [0.29, 0.717) is 32.8 Å². The molecular formula is C23H28ClFN4O3S. The number of pyridine rings is 1. The number of nitrogens with zero attached hydrogens (tertiary/aromatic N) is 4. The normalized spacial score (nSPS) is 19.3. The average Bonchev–Trinajstić information content (AvgIpc) is 3.39. The number of halogens is 2. The van der Waals surface area contributed by atoms with Gasteiger partial charge in [0.1, 0.15) is 17.5 Å². The van der Waals surface area contributed by atoms with Crippen LogP contribution in [0.1, 0.15) is 43.7 Å². The van der Waals surface area contributed by atoms with Crippen LogP contribution in [-0.2, 0) is 22.4 Å². The molecule has 10 heteroatoms. The zero-order chi connectivity index (χ0) is 23.2. The van der Waals surface area contributed by atoms with E-state index in [-0.39, 0.29) is 10.8 Å². The summed E-state index contributed by atoms with van der Waals surface area (Å²) in [6, 6.07) is 7.55. The predicted molar refractivity (Wildman–Crippen MR) is 129 cm³/mol. The largest absolute Gasteiger partial charge is 0.494 e. The van der Waals surface area contributed by atoms with Crippen molar-refractivity contribution in [3.8, 4) is 5.75 Å². The van der Waals surface area contributed by atoms with Crippen molar-refractivity contribution in [3.05, 3.63) is 52.6 Å². The summed E-state index contributed by atoms with van der Waals surface area (Å²) in [5, 5.41) is 4.38. The second-order valence-electron chi connectivity index (χ2n) is 7.90. The molecule has 1 aromatic heterocycles. The summed E-state index contributed by atoms with van der Waals surface area (Å²) in [5.74, 6) is 0.358. The Morgan fingerprint density at radius 3 is 2.94 bits per heavy atom. The highest BCUT2D eigenvalue weighted by Gasteiger charge is 2.30. The SMILES string of the molecule is CCO/N=C1\CCc2cc(OCCCCCN3CCN(c4cc(Cl)ncc4F)S3=O)ccc21. The number of unbranched alkanes of at least 4 members (excludes halogenated alkanes) is 2. The van der Waals surface area contributed by atoms with E-state index in [1.165, 1.54) is 15.9 Å². The first kappa shape index (κ1) is 23.9. The van der Waals surface area contributed by atoms with Crippen molar-refractivity contribution < 1.29 is 18.2 Å². The van der Waals surface area contributed by atoms with Crippen LogP contribution in [0.4, 0.5) is 10.1 Å². The molecule has 2 heterocycles. The molecule has 0 amide bonds. The van der Waals surface area contributed by atoms with Gasteiger partial charge >= 0.3 is 0 Å². The lowest BCUT2D eigenvalue weighted by Gasteiger charge is -2.19. The third kappa shape index (κ3) is 5.83. The van der Waals surface area contributed by atoms with Gasteiger partial charge < -0.3 is 9.57 Å². The monoisotopic (exact) mass is 494 g/mol. The molecule has 0 spiro atoms. The fraction of sp³-hybridized carbons (Fsp3) is 0.478. The molecule has 33 heavy (non-hydrogen) atoms. The van der Waals surface area contributed by atoms with E-state index in [1.807, 2.05) is 17.3 Å². The van der Waals surface area contributed by atoms with Gasteiger partial charge in [0, 0.05) is 31.3 Å². The first-order valence-corrected chi connectivity index (χ1v) is 12.7. The molecule has 7 nitrogen and oxygen atoms in total. The highest BCUT2D eigenvalue weighted by Crippen LogP contribution is 2.28. The van der Waals surface area contributed by atoms with Gasteiger partial charge in [-0.25, -0.2) is 17.9 Å². The van der Waals surface area contributed by atoms with E-state index >= 15 is 0 Å². The molecule has 0 radical (unpaired) electrons. The van der Waals surface area contributed by atoms with Crippen molar-refractivity contribution in [2.75, 3.05) is 37.2 Å². The molecule has 0 bridgehead atoms. The number of rotatable bonds is 10. The van der Waals surface area contributed by atoms with Crippen LogP contribution in [0.5, 0.6) is 5.75 Å². The van der Waals surface area contributed by atoms with Crippen molar-refractivity contribution in [2.24, 2.45) is 5.16 Å². The topological polar surface area (TPSA) is 67.3 Å². The van der Waals surface area contributed by atoms with Gasteiger partial charge in [0.2, 0.25) is 0 Å². The van der Waals surface area contributed by atoms with Crippen LogP contribution in [0.15, 0.2) is 35.6 Å². The van der Waals surface area contributed by atoms with Gasteiger partial charge in [0.15, 0.2) is 17.0 Å². The van der Waals surface area contributed by atoms with E-state index in [0.717, 1.165) is 55.3 Å². The zero-order valence-electron chi connectivity index (χ0n) is 18.6. The van der Waals surface area contributed by atoms with Crippen molar-refractivity contribution >= 4 is 34.2 Å². The number of ether oxygens (including phenoxy) is 1. The van der Waals surface area contributed by atoms with Crippen molar-refractivity contribution in [3.63, 3.8) is 0 Å². The van der Waals surface area contributed by atoms with Gasteiger partial charge in [-0.3, -0.25) is 4.31 Å². The molecule has 2 aliphatic rings. The molecule has 0 saturated carbocycles. The van der Waals surface area contributed by atoms with Crippen LogP contribution < -0.4 is 9.04 Å². The van der Waals surface area contributed by atoms with Crippen LogP contribution in [0.3, 0.4) is 0 Å². The third-order valence-corrected chi connectivity index (χ3v) is 7.45. The Morgan fingerprint density at radius 2 is 2.09 bits per heavy atom. The van der Waals surface area contributed by atoms with Gasteiger partial charge in [-0.15, -0.1) is 0 Å². The second kappa shape index (κ2) is 11.3. The maximum absolute atomic E-state index is 14.1. The molecule has 1 aliphatic heterocycles. The summed E-state index contributed by atoms with van der Waals surface area (Å²) in [5.41, 5.74) is 3.64. The number of aromatic nitrogens is 1. The number of aryl methyl sites for hydroxylation is 1. The molecule has 1 saturated heterocycles. The molecule has 1 fully saturated rings. The Hall–Kier alpha value is -2.23. The average molecular weight is 495 g/mol. The van der Waals surface area contributed by atoms with Crippen molar-refractivity contribution in [2.45, 2.75) is 39.0 Å². The number of oxime groups is 1. The molecule has 1 aliphatic carbocycles. The predicted octanol–water partition coefficient (Wildman–Crippen LogP) is 4.51. The van der Waals surface area contributed by atoms with E-state index in [1.54, 1.807) is 0 Å². The minimum absolute atomic E-state index is 0.185. The van der Waals surface area contributed by atoms with E-state index in [2.05, 4.69) is 22.3 Å². The number of benzene rings is 1. The van der Waals surface area contributed by atoms with Gasteiger partial charge in [0.25, 0.3) is 0 Å². The van der Waals surface area contributed by atoms with E-state index < -0.39 is 17.0 Å². The summed E-state index contributed by atoms with van der Waals surface area (Å²) in [6.45, 7) is 4.92. The van der Waals surface area contributed by atoms with Crippen molar-refractivity contribution in [1.82, 2.24) is 9.29 Å². The maximum atomic E-state index is 14.1. The van der Waals surface area contributed by atoms with Gasteiger partial charge in [-0.1, -0.05) is 16.8 Å². The molecule has 1 unspecified atom stereocenters. The lowest BCUT2D eigenvalue weighted by Crippen LogP contribution is -2.28. The lowest BCUT2D eigenvalue weighted by molar-refractivity contribution is 0.158. The highest BCUT2D eigenvalue weighted by atomic mass is 35.5. The lowest BCUT2D eigenvalue weighted by atomic mass is 10.1. The second-order valence-corrected chi connectivity index (χ2v) is 9.71. The first-order valence-electron chi connectivity index (χ1n) is 11.3. The minimum Gasteiger partial charge on any atom is -0.494 e. The number of fused-ring (bicyclic) bond motifs is 1. The Kier molecular flexibility index (Phi) is 8.16. The van der Waals surface area contributed by atoms with Crippen LogP contribution in [0, 0.1) is 5.82 Å². The number of anilines is 1. The minimum atomic E-state index is -1.42. The molecule has 4 rings (SSSR count). The fourth-order valence-electron chi connectivity index (χ4n) is 4.02. The number of hydrogen-bond acceptors (Lipinski definition) is 5. The molecule has 178 valence electrons. The molecular weight excluding hydrogens is 467 g/mol. The first-order chi connectivity index (χ1) is 16.1. The quantitative estimate of drug-likeness (QED) is 0.277. The van der Waals surface area contributed by atoms with Gasteiger partial charge in [0.05, 0.1) is 24.2 Å². The summed E-state index contributed by atoms with van der Waals surface area (Å²) in [7, 11) is 0. The van der Waals surface area contributed by atoms with E-state index in [9.17, 15) is 8.60 Å². The molecule has 2 aromatic rings. The third-order valence-electron chi connectivity index (χ3n) is 5.68.